The molecule has 0 aromatic carbocycles. The van der Waals surface area contributed by atoms with E-state index in [0.717, 1.165) is 12.7 Å². The zero-order valence-electron chi connectivity index (χ0n) is 7.63. The average Bonchev–Trinajstić information content (AvgIpc) is 2.58. The van der Waals surface area contributed by atoms with Crippen LogP contribution in [0.2, 0.25) is 0 Å². The molecular formula is C9H19N3. The topological polar surface area (TPSA) is 41.3 Å². The zero-order valence-corrected chi connectivity index (χ0v) is 7.63. The lowest BCUT2D eigenvalue weighted by Gasteiger charge is -2.32. The van der Waals surface area contributed by atoms with Gasteiger partial charge in [0.2, 0.25) is 0 Å². The molecule has 2 rings (SSSR count). The van der Waals surface area contributed by atoms with Crippen molar-refractivity contribution in [1.29, 1.82) is 0 Å². The van der Waals surface area contributed by atoms with E-state index in [1.165, 1.54) is 38.8 Å². The lowest BCUT2D eigenvalue weighted by Crippen LogP contribution is -2.40. The molecule has 0 aromatic rings. The van der Waals surface area contributed by atoms with Gasteiger partial charge < -0.3 is 11.1 Å². The highest BCUT2D eigenvalue weighted by atomic mass is 15.3. The molecule has 12 heavy (non-hydrogen) atoms. The fourth-order valence-corrected chi connectivity index (χ4v) is 2.30. The van der Waals surface area contributed by atoms with E-state index in [-0.39, 0.29) is 0 Å². The fraction of sp³-hybridized carbons (Fsp3) is 1.00. The molecule has 70 valence electrons. The van der Waals surface area contributed by atoms with Crippen molar-refractivity contribution >= 4 is 0 Å². The highest BCUT2D eigenvalue weighted by molar-refractivity contribution is 4.82. The Hall–Kier alpha value is -0.120. The summed E-state index contributed by atoms with van der Waals surface area (Å²) in [4.78, 5) is 2.56. The molecule has 0 aromatic heterocycles. The molecule has 2 aliphatic rings. The average molecular weight is 169 g/mol. The van der Waals surface area contributed by atoms with Crippen LogP contribution in [-0.4, -0.2) is 36.7 Å². The quantitative estimate of drug-likeness (QED) is 0.586. The highest BCUT2D eigenvalue weighted by Gasteiger charge is 2.25. The van der Waals surface area contributed by atoms with E-state index < -0.39 is 0 Å². The van der Waals surface area contributed by atoms with Crippen LogP contribution < -0.4 is 11.1 Å². The Morgan fingerprint density at radius 3 is 2.50 bits per heavy atom. The van der Waals surface area contributed by atoms with Crippen molar-refractivity contribution in [1.82, 2.24) is 10.2 Å². The second-order valence-electron chi connectivity index (χ2n) is 4.04. The van der Waals surface area contributed by atoms with E-state index in [4.69, 9.17) is 5.73 Å². The van der Waals surface area contributed by atoms with Crippen LogP contribution >= 0.6 is 0 Å². The van der Waals surface area contributed by atoms with Crippen LogP contribution in [0.25, 0.3) is 0 Å². The van der Waals surface area contributed by atoms with Gasteiger partial charge in [0.1, 0.15) is 0 Å². The zero-order chi connectivity index (χ0) is 8.39. The minimum Gasteiger partial charge on any atom is -0.328 e. The van der Waals surface area contributed by atoms with Crippen LogP contribution in [0, 0.1) is 0 Å². The first-order chi connectivity index (χ1) is 5.86. The van der Waals surface area contributed by atoms with Gasteiger partial charge in [-0.3, -0.25) is 4.90 Å². The summed E-state index contributed by atoms with van der Waals surface area (Å²) in [6, 6.07) is 1.30. The number of nitrogens with zero attached hydrogens (tertiary/aromatic N) is 1. The highest BCUT2D eigenvalue weighted by Crippen LogP contribution is 2.22. The van der Waals surface area contributed by atoms with Gasteiger partial charge in [-0.2, -0.15) is 0 Å². The fourth-order valence-electron chi connectivity index (χ4n) is 2.30. The van der Waals surface area contributed by atoms with Gasteiger partial charge in [-0.25, -0.2) is 0 Å². The monoisotopic (exact) mass is 169 g/mol. The van der Waals surface area contributed by atoms with Gasteiger partial charge in [0.05, 0.1) is 0 Å². The molecule has 0 radical (unpaired) electrons. The van der Waals surface area contributed by atoms with E-state index >= 15 is 0 Å². The first-order valence-electron chi connectivity index (χ1n) is 5.06. The summed E-state index contributed by atoms with van der Waals surface area (Å²) in [5.41, 5.74) is 5.86. The SMILES string of the molecule is NC1CCC(N2CCNC2)CC1. The van der Waals surface area contributed by atoms with Crippen molar-refractivity contribution in [3.8, 4) is 0 Å². The van der Waals surface area contributed by atoms with Crippen LogP contribution in [0.15, 0.2) is 0 Å². The Kier molecular flexibility index (Phi) is 2.63. The summed E-state index contributed by atoms with van der Waals surface area (Å²) in [5.74, 6) is 0. The Balaban J connectivity index is 1.80. The molecule has 0 spiro atoms. The Bertz CT molecular complexity index is 135. The minimum absolute atomic E-state index is 0.483. The summed E-state index contributed by atoms with van der Waals surface area (Å²) in [6.45, 7) is 3.50. The molecule has 0 unspecified atom stereocenters. The summed E-state index contributed by atoms with van der Waals surface area (Å²) >= 11 is 0. The van der Waals surface area contributed by atoms with Crippen LogP contribution in [0.1, 0.15) is 25.7 Å². The lowest BCUT2D eigenvalue weighted by atomic mass is 9.91. The molecule has 3 N–H and O–H groups in total. The van der Waals surface area contributed by atoms with Crippen molar-refractivity contribution in [2.24, 2.45) is 5.73 Å². The number of nitrogens with one attached hydrogen (secondary N) is 1. The predicted octanol–water partition coefficient (Wildman–Crippen LogP) is 0.119. The Morgan fingerprint density at radius 1 is 1.17 bits per heavy atom. The largest absolute Gasteiger partial charge is 0.328 e. The molecule has 1 saturated carbocycles. The van der Waals surface area contributed by atoms with Crippen molar-refractivity contribution in [2.75, 3.05) is 19.8 Å². The molecule has 1 aliphatic carbocycles. The summed E-state index contributed by atoms with van der Waals surface area (Å²) in [6.07, 6.45) is 5.06. The van der Waals surface area contributed by atoms with Gasteiger partial charge in [-0.1, -0.05) is 0 Å². The van der Waals surface area contributed by atoms with Gasteiger partial charge in [-0.15, -0.1) is 0 Å². The maximum absolute atomic E-state index is 5.86. The molecule has 3 heteroatoms. The molecule has 3 nitrogen and oxygen atoms in total. The van der Waals surface area contributed by atoms with Crippen molar-refractivity contribution in [3.63, 3.8) is 0 Å². The first-order valence-corrected chi connectivity index (χ1v) is 5.06. The van der Waals surface area contributed by atoms with E-state index in [1.807, 2.05) is 0 Å². The molecule has 1 heterocycles. The first kappa shape index (κ1) is 8.48. The van der Waals surface area contributed by atoms with Gasteiger partial charge >= 0.3 is 0 Å². The number of hydrogen-bond donors (Lipinski definition) is 2. The maximum atomic E-state index is 5.86. The minimum atomic E-state index is 0.483. The van der Waals surface area contributed by atoms with Crippen molar-refractivity contribution in [3.05, 3.63) is 0 Å². The molecule has 0 amide bonds. The van der Waals surface area contributed by atoms with Gasteiger partial charge in [-0.05, 0) is 25.7 Å². The molecular weight excluding hydrogens is 150 g/mol. The van der Waals surface area contributed by atoms with Crippen LogP contribution in [0.4, 0.5) is 0 Å². The lowest BCUT2D eigenvalue weighted by molar-refractivity contribution is 0.181. The predicted molar refractivity (Wildman–Crippen MR) is 49.8 cm³/mol. The van der Waals surface area contributed by atoms with Crippen molar-refractivity contribution < 1.29 is 0 Å². The second kappa shape index (κ2) is 3.73. The number of hydrogen-bond acceptors (Lipinski definition) is 3. The third-order valence-electron chi connectivity index (χ3n) is 3.15. The van der Waals surface area contributed by atoms with E-state index in [1.54, 1.807) is 0 Å². The van der Waals surface area contributed by atoms with Crippen LogP contribution in [0.5, 0.6) is 0 Å². The molecule has 1 saturated heterocycles. The molecule has 0 bridgehead atoms. The van der Waals surface area contributed by atoms with Crippen LogP contribution in [-0.2, 0) is 0 Å². The third-order valence-corrected chi connectivity index (χ3v) is 3.15. The molecule has 1 aliphatic heterocycles. The van der Waals surface area contributed by atoms with E-state index in [2.05, 4.69) is 10.2 Å². The van der Waals surface area contributed by atoms with Gasteiger partial charge in [0, 0.05) is 31.8 Å². The normalized spacial score (nSPS) is 38.8. The smallest absolute Gasteiger partial charge is 0.0484 e. The Morgan fingerprint density at radius 2 is 1.92 bits per heavy atom. The number of nitrogens with two attached hydrogens (primary N) is 1. The summed E-state index contributed by atoms with van der Waals surface area (Å²) in [7, 11) is 0. The molecule has 2 fully saturated rings. The molecule has 0 atom stereocenters. The summed E-state index contributed by atoms with van der Waals surface area (Å²) in [5, 5.41) is 3.38. The summed E-state index contributed by atoms with van der Waals surface area (Å²) < 4.78 is 0. The number of rotatable bonds is 1. The van der Waals surface area contributed by atoms with E-state index in [0.29, 0.717) is 6.04 Å². The van der Waals surface area contributed by atoms with E-state index in [9.17, 15) is 0 Å². The third kappa shape index (κ3) is 1.79. The standard InChI is InChI=1S/C9H19N3/c10-8-1-3-9(4-2-8)12-6-5-11-7-12/h8-9,11H,1-7,10H2. The van der Waals surface area contributed by atoms with Crippen molar-refractivity contribution in [2.45, 2.75) is 37.8 Å². The maximum Gasteiger partial charge on any atom is 0.0484 e. The Labute approximate surface area is 74.3 Å². The second-order valence-corrected chi connectivity index (χ2v) is 4.04. The van der Waals surface area contributed by atoms with Gasteiger partial charge in [0.25, 0.3) is 0 Å². The van der Waals surface area contributed by atoms with Crippen LogP contribution in [0.3, 0.4) is 0 Å². The van der Waals surface area contributed by atoms with Gasteiger partial charge in [0.15, 0.2) is 0 Å².